The van der Waals surface area contributed by atoms with E-state index in [0.29, 0.717) is 11.8 Å². The van der Waals surface area contributed by atoms with Gasteiger partial charge in [-0.05, 0) is 49.7 Å². The minimum absolute atomic E-state index is 0.280. The Bertz CT molecular complexity index is 572. The van der Waals surface area contributed by atoms with Crippen LogP contribution in [0.1, 0.15) is 78.4 Å². The molecule has 0 bridgehead atoms. The average molecular weight is 343 g/mol. The normalized spacial score (nSPS) is 12.9. The van der Waals surface area contributed by atoms with E-state index < -0.39 is 0 Å². The van der Waals surface area contributed by atoms with E-state index in [2.05, 4.69) is 72.7 Å². The molecule has 0 fully saturated rings. The standard InChI is InChI=1S/C24H38O/c1-8-11-21(12-9-2)22(16-20-14-10-13-19(5)15-20)17-23(25)24(6,7)18(3)4/h10,13-15,17-18,21H,8-9,11-12,16H2,1-7H3/b22-17-. The van der Waals surface area contributed by atoms with Crippen molar-refractivity contribution in [3.05, 3.63) is 47.0 Å². The minimum Gasteiger partial charge on any atom is -0.294 e. The van der Waals surface area contributed by atoms with Crippen molar-refractivity contribution in [1.29, 1.82) is 0 Å². The molecule has 0 saturated heterocycles. The Morgan fingerprint density at radius 2 is 1.72 bits per heavy atom. The molecule has 0 amide bonds. The van der Waals surface area contributed by atoms with Crippen LogP contribution in [-0.2, 0) is 11.2 Å². The zero-order valence-corrected chi connectivity index (χ0v) is 17.5. The van der Waals surface area contributed by atoms with Gasteiger partial charge in [0, 0.05) is 5.41 Å². The third-order valence-electron chi connectivity index (χ3n) is 5.68. The van der Waals surface area contributed by atoms with Crippen LogP contribution in [0.15, 0.2) is 35.9 Å². The van der Waals surface area contributed by atoms with Crippen LogP contribution in [-0.4, -0.2) is 5.78 Å². The zero-order chi connectivity index (χ0) is 19.0. The molecule has 0 unspecified atom stereocenters. The molecule has 1 aromatic carbocycles. The number of carbonyl (C=O) groups excluding carboxylic acids is 1. The average Bonchev–Trinajstić information content (AvgIpc) is 2.53. The van der Waals surface area contributed by atoms with Crippen LogP contribution in [0, 0.1) is 24.2 Å². The van der Waals surface area contributed by atoms with Crippen LogP contribution in [0.4, 0.5) is 0 Å². The Balaban J connectivity index is 3.21. The maximum atomic E-state index is 13.0. The van der Waals surface area contributed by atoms with Crippen molar-refractivity contribution in [3.63, 3.8) is 0 Å². The van der Waals surface area contributed by atoms with E-state index in [0.717, 1.165) is 19.3 Å². The van der Waals surface area contributed by atoms with Crippen LogP contribution < -0.4 is 0 Å². The van der Waals surface area contributed by atoms with E-state index in [4.69, 9.17) is 0 Å². The van der Waals surface area contributed by atoms with Gasteiger partial charge in [-0.3, -0.25) is 4.79 Å². The Hall–Kier alpha value is -1.37. The highest BCUT2D eigenvalue weighted by Gasteiger charge is 2.30. The second-order valence-corrected chi connectivity index (χ2v) is 8.40. The van der Waals surface area contributed by atoms with Crippen LogP contribution >= 0.6 is 0 Å². The molecule has 0 radical (unpaired) electrons. The Labute approximate surface area is 155 Å². The predicted molar refractivity (Wildman–Crippen MR) is 110 cm³/mol. The molecule has 0 spiro atoms. The number of aryl methyl sites for hydroxylation is 1. The number of rotatable bonds is 10. The van der Waals surface area contributed by atoms with Gasteiger partial charge in [-0.25, -0.2) is 0 Å². The van der Waals surface area contributed by atoms with Crippen molar-refractivity contribution in [2.24, 2.45) is 17.3 Å². The molecule has 25 heavy (non-hydrogen) atoms. The predicted octanol–water partition coefficient (Wildman–Crippen LogP) is 6.93. The molecule has 0 atom stereocenters. The van der Waals surface area contributed by atoms with Gasteiger partial charge in [0.05, 0.1) is 0 Å². The highest BCUT2D eigenvalue weighted by atomic mass is 16.1. The lowest BCUT2D eigenvalue weighted by Gasteiger charge is -2.28. The number of benzene rings is 1. The Morgan fingerprint density at radius 1 is 1.12 bits per heavy atom. The highest BCUT2D eigenvalue weighted by molar-refractivity contribution is 5.95. The number of carbonyl (C=O) groups is 1. The maximum absolute atomic E-state index is 13.0. The van der Waals surface area contributed by atoms with Crippen molar-refractivity contribution < 1.29 is 4.79 Å². The van der Waals surface area contributed by atoms with E-state index in [1.165, 1.54) is 29.5 Å². The largest absolute Gasteiger partial charge is 0.294 e. The first-order valence-corrected chi connectivity index (χ1v) is 10.0. The van der Waals surface area contributed by atoms with Crippen molar-refractivity contribution in [2.75, 3.05) is 0 Å². The van der Waals surface area contributed by atoms with Gasteiger partial charge in [0.15, 0.2) is 5.78 Å². The molecule has 0 heterocycles. The van der Waals surface area contributed by atoms with Crippen molar-refractivity contribution in [2.45, 2.75) is 80.6 Å². The van der Waals surface area contributed by atoms with Crippen LogP contribution in [0.3, 0.4) is 0 Å². The SMILES string of the molecule is CCCC(CCC)/C(=C\C(=O)C(C)(C)C(C)C)Cc1cccc(C)c1. The summed E-state index contributed by atoms with van der Waals surface area (Å²) < 4.78 is 0. The van der Waals surface area contributed by atoms with E-state index in [9.17, 15) is 4.79 Å². The molecule has 1 heteroatoms. The fourth-order valence-corrected chi connectivity index (χ4v) is 3.22. The molecule has 0 aromatic heterocycles. The molecule has 0 aliphatic heterocycles. The second-order valence-electron chi connectivity index (χ2n) is 8.40. The summed E-state index contributed by atoms with van der Waals surface area (Å²) in [6, 6.07) is 8.70. The van der Waals surface area contributed by atoms with Gasteiger partial charge < -0.3 is 0 Å². The minimum atomic E-state index is -0.305. The molecule has 0 aliphatic rings. The lowest BCUT2D eigenvalue weighted by molar-refractivity contribution is -0.124. The molecular formula is C24H38O. The molecule has 0 saturated carbocycles. The van der Waals surface area contributed by atoms with E-state index >= 15 is 0 Å². The monoisotopic (exact) mass is 342 g/mol. The summed E-state index contributed by atoms with van der Waals surface area (Å²) in [5.41, 5.74) is 3.63. The number of ketones is 1. The van der Waals surface area contributed by atoms with Crippen molar-refractivity contribution in [1.82, 2.24) is 0 Å². The van der Waals surface area contributed by atoms with E-state index in [-0.39, 0.29) is 11.2 Å². The van der Waals surface area contributed by atoms with Gasteiger partial charge in [0.2, 0.25) is 0 Å². The van der Waals surface area contributed by atoms with Gasteiger partial charge in [-0.1, -0.05) is 89.8 Å². The Kier molecular flexibility index (Phi) is 8.62. The maximum Gasteiger partial charge on any atom is 0.161 e. The van der Waals surface area contributed by atoms with Gasteiger partial charge in [-0.2, -0.15) is 0 Å². The smallest absolute Gasteiger partial charge is 0.161 e. The van der Waals surface area contributed by atoms with Gasteiger partial charge in [-0.15, -0.1) is 0 Å². The molecular weight excluding hydrogens is 304 g/mol. The molecule has 1 nitrogen and oxygen atoms in total. The van der Waals surface area contributed by atoms with Gasteiger partial charge in [0.1, 0.15) is 0 Å². The van der Waals surface area contributed by atoms with Crippen LogP contribution in [0.2, 0.25) is 0 Å². The highest BCUT2D eigenvalue weighted by Crippen LogP contribution is 2.31. The third kappa shape index (κ3) is 6.45. The Morgan fingerprint density at radius 3 is 2.20 bits per heavy atom. The second kappa shape index (κ2) is 9.94. The quantitative estimate of drug-likeness (QED) is 0.421. The number of hydrogen-bond donors (Lipinski definition) is 0. The third-order valence-corrected chi connectivity index (χ3v) is 5.68. The fraction of sp³-hybridized carbons (Fsp3) is 0.625. The fourth-order valence-electron chi connectivity index (χ4n) is 3.22. The van der Waals surface area contributed by atoms with Crippen LogP contribution in [0.25, 0.3) is 0 Å². The summed E-state index contributed by atoms with van der Waals surface area (Å²) >= 11 is 0. The lowest BCUT2D eigenvalue weighted by atomic mass is 9.75. The molecule has 0 aliphatic carbocycles. The van der Waals surface area contributed by atoms with E-state index in [1.54, 1.807) is 0 Å². The van der Waals surface area contributed by atoms with Gasteiger partial charge in [0.25, 0.3) is 0 Å². The first-order valence-electron chi connectivity index (χ1n) is 10.0. The zero-order valence-electron chi connectivity index (χ0n) is 17.5. The first kappa shape index (κ1) is 21.7. The summed E-state index contributed by atoms with van der Waals surface area (Å²) in [6.45, 7) is 15.1. The summed E-state index contributed by atoms with van der Waals surface area (Å²) in [5.74, 6) is 1.14. The molecule has 140 valence electrons. The van der Waals surface area contributed by atoms with Crippen molar-refractivity contribution in [3.8, 4) is 0 Å². The van der Waals surface area contributed by atoms with Crippen molar-refractivity contribution >= 4 is 5.78 Å². The molecule has 1 rings (SSSR count). The number of hydrogen-bond acceptors (Lipinski definition) is 1. The number of allylic oxidation sites excluding steroid dienone is 2. The lowest BCUT2D eigenvalue weighted by Crippen LogP contribution is -2.29. The summed E-state index contributed by atoms with van der Waals surface area (Å²) in [5, 5.41) is 0. The summed E-state index contributed by atoms with van der Waals surface area (Å²) in [7, 11) is 0. The van der Waals surface area contributed by atoms with Crippen LogP contribution in [0.5, 0.6) is 0 Å². The summed E-state index contributed by atoms with van der Waals surface area (Å²) in [4.78, 5) is 13.0. The molecule has 0 N–H and O–H groups in total. The van der Waals surface area contributed by atoms with E-state index in [1.807, 2.05) is 6.08 Å². The topological polar surface area (TPSA) is 17.1 Å². The first-order chi connectivity index (χ1) is 11.7. The van der Waals surface area contributed by atoms with Gasteiger partial charge >= 0.3 is 0 Å². The molecule has 1 aromatic rings. The summed E-state index contributed by atoms with van der Waals surface area (Å²) in [6.07, 6.45) is 7.56.